The second-order valence-electron chi connectivity index (χ2n) is 15.9. The van der Waals surface area contributed by atoms with Crippen LogP contribution < -0.4 is 0 Å². The lowest BCUT2D eigenvalue weighted by molar-refractivity contribution is 0.666. The van der Waals surface area contributed by atoms with Gasteiger partial charge < -0.3 is 8.98 Å². The monoisotopic (exact) mass is 790 g/mol. The van der Waals surface area contributed by atoms with Crippen molar-refractivity contribution in [2.75, 3.05) is 0 Å². The molecular formula is C57H34N4O. The molecule has 0 unspecified atom stereocenters. The van der Waals surface area contributed by atoms with E-state index in [2.05, 4.69) is 168 Å². The van der Waals surface area contributed by atoms with Gasteiger partial charge in [-0.05, 0) is 73.8 Å². The van der Waals surface area contributed by atoms with E-state index in [-0.39, 0.29) is 0 Å². The van der Waals surface area contributed by atoms with Crippen molar-refractivity contribution in [1.29, 1.82) is 0 Å². The molecule has 0 aliphatic carbocycles. The fraction of sp³-hybridized carbons (Fsp3) is 0. The average molecular weight is 791 g/mol. The van der Waals surface area contributed by atoms with Gasteiger partial charge in [0.1, 0.15) is 5.58 Å². The highest BCUT2D eigenvalue weighted by molar-refractivity contribution is 6.30. The maximum Gasteiger partial charge on any atom is 0.164 e. The molecule has 13 rings (SSSR count). The van der Waals surface area contributed by atoms with Crippen molar-refractivity contribution >= 4 is 76.1 Å². The molecule has 0 atom stereocenters. The molecule has 0 saturated carbocycles. The molecule has 3 heterocycles. The smallest absolute Gasteiger partial charge is 0.164 e. The standard InChI is InChI=1S/C57H34N4O/c1-3-16-36(17-4-1)46-34-49-53(43-24-12-11-23-42(43)46)52-41-22-10-9-18-37(41)31-32-47(52)61(49)48-27-13-25-44-51-45(26-14-28-50(51)62-54(44)48)57-59-55(38-19-5-2-6-20-38)58-56(60-57)40-30-29-35-15-7-8-21-39(35)33-40/h1-34H. The lowest BCUT2D eigenvalue weighted by atomic mass is 9.94. The maximum absolute atomic E-state index is 7.04. The molecule has 0 spiro atoms. The van der Waals surface area contributed by atoms with E-state index in [4.69, 9.17) is 19.4 Å². The van der Waals surface area contributed by atoms with Crippen LogP contribution in [0.15, 0.2) is 211 Å². The Labute approximate surface area is 355 Å². The Morgan fingerprint density at radius 3 is 1.77 bits per heavy atom. The summed E-state index contributed by atoms with van der Waals surface area (Å²) >= 11 is 0. The molecule has 0 N–H and O–H groups in total. The Bertz CT molecular complexity index is 3920. The van der Waals surface area contributed by atoms with Gasteiger partial charge >= 0.3 is 0 Å². The summed E-state index contributed by atoms with van der Waals surface area (Å²) in [5.41, 5.74) is 9.85. The highest BCUT2D eigenvalue weighted by Gasteiger charge is 2.24. The Morgan fingerprint density at radius 1 is 0.339 bits per heavy atom. The molecule has 0 aliphatic rings. The van der Waals surface area contributed by atoms with Crippen LogP contribution in [0.4, 0.5) is 0 Å². The van der Waals surface area contributed by atoms with Crippen LogP contribution in [-0.2, 0) is 0 Å². The summed E-state index contributed by atoms with van der Waals surface area (Å²) in [4.78, 5) is 15.5. The minimum Gasteiger partial charge on any atom is -0.454 e. The highest BCUT2D eigenvalue weighted by atomic mass is 16.3. The largest absolute Gasteiger partial charge is 0.454 e. The van der Waals surface area contributed by atoms with Crippen molar-refractivity contribution in [3.05, 3.63) is 206 Å². The van der Waals surface area contributed by atoms with Crippen molar-refractivity contribution in [2.45, 2.75) is 0 Å². The third-order valence-corrected chi connectivity index (χ3v) is 12.4. The molecule has 5 heteroatoms. The van der Waals surface area contributed by atoms with Gasteiger partial charge in [-0.25, -0.2) is 15.0 Å². The first kappa shape index (κ1) is 34.5. The fourth-order valence-corrected chi connectivity index (χ4v) is 9.62. The Morgan fingerprint density at radius 2 is 0.952 bits per heavy atom. The number of hydrogen-bond donors (Lipinski definition) is 0. The molecule has 10 aromatic carbocycles. The van der Waals surface area contributed by atoms with E-state index in [0.717, 1.165) is 60.7 Å². The van der Waals surface area contributed by atoms with Crippen LogP contribution in [0.2, 0.25) is 0 Å². The fourth-order valence-electron chi connectivity index (χ4n) is 9.62. The maximum atomic E-state index is 7.04. The van der Waals surface area contributed by atoms with Gasteiger partial charge in [0.05, 0.1) is 16.7 Å². The average Bonchev–Trinajstić information content (AvgIpc) is 3.90. The molecule has 0 radical (unpaired) electrons. The van der Waals surface area contributed by atoms with E-state index in [0.29, 0.717) is 17.5 Å². The first-order valence-corrected chi connectivity index (χ1v) is 20.9. The zero-order valence-electron chi connectivity index (χ0n) is 33.3. The molecular weight excluding hydrogens is 757 g/mol. The molecule has 0 bridgehead atoms. The Balaban J connectivity index is 1.10. The van der Waals surface area contributed by atoms with Gasteiger partial charge in [-0.15, -0.1) is 0 Å². The zero-order chi connectivity index (χ0) is 40.7. The molecule has 288 valence electrons. The van der Waals surface area contributed by atoms with E-state index in [1.54, 1.807) is 0 Å². The van der Waals surface area contributed by atoms with Gasteiger partial charge in [-0.1, -0.05) is 176 Å². The van der Waals surface area contributed by atoms with Crippen LogP contribution in [0.5, 0.6) is 0 Å². The SMILES string of the molecule is c1ccc(-c2nc(-c3ccc4ccccc4c3)nc(-c3cccc4oc5c(-n6c7ccc8ccccc8c7c7c8ccccc8c(-c8ccccc8)cc76)cccc5c34)n2)cc1. The van der Waals surface area contributed by atoms with E-state index >= 15 is 0 Å². The molecule has 0 saturated heterocycles. The predicted molar refractivity (Wildman–Crippen MR) is 256 cm³/mol. The quantitative estimate of drug-likeness (QED) is 0.174. The number of hydrogen-bond acceptors (Lipinski definition) is 4. The summed E-state index contributed by atoms with van der Waals surface area (Å²) in [6.45, 7) is 0. The van der Waals surface area contributed by atoms with Crippen LogP contribution >= 0.6 is 0 Å². The summed E-state index contributed by atoms with van der Waals surface area (Å²) in [6, 6.07) is 72.7. The van der Waals surface area contributed by atoms with Crippen molar-refractivity contribution in [2.24, 2.45) is 0 Å². The molecule has 0 amide bonds. The van der Waals surface area contributed by atoms with Crippen LogP contribution in [0.1, 0.15) is 0 Å². The van der Waals surface area contributed by atoms with Gasteiger partial charge in [-0.3, -0.25) is 0 Å². The first-order valence-electron chi connectivity index (χ1n) is 20.9. The number of fused-ring (bicyclic) bond motifs is 11. The van der Waals surface area contributed by atoms with Crippen LogP contribution in [0, 0.1) is 0 Å². The minimum absolute atomic E-state index is 0.586. The second kappa shape index (κ2) is 13.6. The van der Waals surface area contributed by atoms with Gasteiger partial charge in [-0.2, -0.15) is 0 Å². The van der Waals surface area contributed by atoms with Gasteiger partial charge in [0.15, 0.2) is 23.1 Å². The third-order valence-electron chi connectivity index (χ3n) is 12.4. The molecule has 5 nitrogen and oxygen atoms in total. The zero-order valence-corrected chi connectivity index (χ0v) is 33.3. The van der Waals surface area contributed by atoms with E-state index in [1.807, 2.05) is 42.5 Å². The summed E-state index contributed by atoms with van der Waals surface area (Å²) in [6.07, 6.45) is 0. The van der Waals surface area contributed by atoms with Crippen molar-refractivity contribution in [1.82, 2.24) is 19.5 Å². The number of furan rings is 1. The number of benzene rings is 10. The lowest BCUT2D eigenvalue weighted by Crippen LogP contribution is -2.00. The van der Waals surface area contributed by atoms with E-state index in [9.17, 15) is 0 Å². The van der Waals surface area contributed by atoms with Crippen molar-refractivity contribution in [3.63, 3.8) is 0 Å². The predicted octanol–water partition coefficient (Wildman–Crippen LogP) is 15.0. The molecule has 0 aliphatic heterocycles. The minimum atomic E-state index is 0.586. The number of rotatable bonds is 5. The summed E-state index contributed by atoms with van der Waals surface area (Å²) < 4.78 is 9.45. The highest BCUT2D eigenvalue weighted by Crippen LogP contribution is 2.46. The molecule has 13 aromatic rings. The second-order valence-corrected chi connectivity index (χ2v) is 15.9. The number of aromatic nitrogens is 4. The van der Waals surface area contributed by atoms with E-state index < -0.39 is 0 Å². The Hall–Kier alpha value is -8.41. The van der Waals surface area contributed by atoms with Crippen molar-refractivity contribution in [3.8, 4) is 51.0 Å². The topological polar surface area (TPSA) is 56.7 Å². The molecule has 0 fully saturated rings. The van der Waals surface area contributed by atoms with Crippen LogP contribution in [-0.4, -0.2) is 19.5 Å². The summed E-state index contributed by atoms with van der Waals surface area (Å²) in [7, 11) is 0. The number of nitrogens with zero attached hydrogens (tertiary/aromatic N) is 4. The van der Waals surface area contributed by atoms with Crippen molar-refractivity contribution < 1.29 is 4.42 Å². The first-order chi connectivity index (χ1) is 30.7. The third kappa shape index (κ3) is 5.25. The van der Waals surface area contributed by atoms with Crippen LogP contribution in [0.3, 0.4) is 0 Å². The number of para-hydroxylation sites is 1. The van der Waals surface area contributed by atoms with E-state index in [1.165, 1.54) is 48.8 Å². The normalized spacial score (nSPS) is 11.9. The van der Waals surface area contributed by atoms with Gasteiger partial charge in [0.2, 0.25) is 0 Å². The van der Waals surface area contributed by atoms with Gasteiger partial charge in [0, 0.05) is 38.2 Å². The van der Waals surface area contributed by atoms with Crippen LogP contribution in [0.25, 0.3) is 127 Å². The summed E-state index contributed by atoms with van der Waals surface area (Å²) in [5.74, 6) is 1.82. The summed E-state index contributed by atoms with van der Waals surface area (Å²) in [5, 5.41) is 11.6. The molecule has 62 heavy (non-hydrogen) atoms. The molecule has 3 aromatic heterocycles. The van der Waals surface area contributed by atoms with Gasteiger partial charge in [0.25, 0.3) is 0 Å². The lowest BCUT2D eigenvalue weighted by Gasteiger charge is -2.12. The Kier molecular flexibility index (Phi) is 7.54.